The van der Waals surface area contributed by atoms with Gasteiger partial charge in [0.2, 0.25) is 5.75 Å². The van der Waals surface area contributed by atoms with E-state index in [1.165, 1.54) is 12.1 Å². The van der Waals surface area contributed by atoms with Gasteiger partial charge < -0.3 is 4.74 Å². The summed E-state index contributed by atoms with van der Waals surface area (Å²) >= 11 is 24.3. The maximum absolute atomic E-state index is 12.9. The molecule has 0 atom stereocenters. The fourth-order valence-electron chi connectivity index (χ4n) is 2.42. The van der Waals surface area contributed by atoms with Crippen LogP contribution in [0.3, 0.4) is 0 Å². The summed E-state index contributed by atoms with van der Waals surface area (Å²) in [7, 11) is -3.99. The second-order valence-corrected chi connectivity index (χ2v) is 9.28. The van der Waals surface area contributed by atoms with Crippen molar-refractivity contribution in [2.24, 2.45) is 0 Å². The van der Waals surface area contributed by atoms with E-state index in [0.717, 1.165) is 11.9 Å². The highest BCUT2D eigenvalue weighted by Gasteiger charge is 2.23. The van der Waals surface area contributed by atoms with Gasteiger partial charge in [-0.25, -0.2) is 18.4 Å². The van der Waals surface area contributed by atoms with Crippen molar-refractivity contribution < 1.29 is 13.2 Å². The molecule has 0 unspecified atom stereocenters. The molecule has 0 fully saturated rings. The molecule has 0 spiro atoms. The number of benzene rings is 2. The lowest BCUT2D eigenvalue weighted by Gasteiger charge is -2.15. The van der Waals surface area contributed by atoms with Crippen molar-refractivity contribution in [1.29, 1.82) is 0 Å². The normalized spacial score (nSPS) is 11.4. The van der Waals surface area contributed by atoms with Crippen LogP contribution >= 0.6 is 46.4 Å². The molecule has 3 aromatic rings. The summed E-state index contributed by atoms with van der Waals surface area (Å²) < 4.78 is 33.9. The molecule has 1 N–H and O–H groups in total. The van der Waals surface area contributed by atoms with Crippen molar-refractivity contribution in [3.8, 4) is 11.5 Å². The van der Waals surface area contributed by atoms with Crippen LogP contribution in [0.25, 0.3) is 0 Å². The Balaban J connectivity index is 2.05. The molecule has 1 aromatic heterocycles. The molecule has 2 aromatic carbocycles. The quantitative estimate of drug-likeness (QED) is 0.422. The van der Waals surface area contributed by atoms with E-state index in [0.29, 0.717) is 10.6 Å². The highest BCUT2D eigenvalue weighted by atomic mass is 35.5. The fourth-order valence-corrected chi connectivity index (χ4v) is 4.83. The van der Waals surface area contributed by atoms with Crippen molar-refractivity contribution >= 4 is 62.2 Å². The number of anilines is 1. The molecule has 0 amide bonds. The first-order valence-electron chi connectivity index (χ1n) is 8.01. The molecule has 29 heavy (non-hydrogen) atoms. The van der Waals surface area contributed by atoms with Crippen molar-refractivity contribution in [3.05, 3.63) is 68.0 Å². The van der Waals surface area contributed by atoms with Crippen LogP contribution in [0.5, 0.6) is 11.5 Å². The Bertz CT molecular complexity index is 1180. The Kier molecular flexibility index (Phi) is 6.45. The molecule has 0 saturated heterocycles. The highest BCUT2D eigenvalue weighted by Crippen LogP contribution is 2.42. The largest absolute Gasteiger partial charge is 0.447 e. The van der Waals surface area contributed by atoms with E-state index in [1.807, 2.05) is 6.07 Å². The predicted molar refractivity (Wildman–Crippen MR) is 115 cm³/mol. The number of halogens is 4. The maximum atomic E-state index is 12.9. The Morgan fingerprint density at radius 2 is 1.59 bits per heavy atom. The minimum Gasteiger partial charge on any atom is -0.447 e. The Labute approximate surface area is 187 Å². The zero-order valence-electron chi connectivity index (χ0n) is 15.0. The van der Waals surface area contributed by atoms with Crippen molar-refractivity contribution in [1.82, 2.24) is 9.97 Å². The summed E-state index contributed by atoms with van der Waals surface area (Å²) in [6.07, 6.45) is 1.10. The third kappa shape index (κ3) is 4.87. The molecular weight excluding hydrogens is 480 g/mol. The lowest BCUT2D eigenvalue weighted by molar-refractivity contribution is 0.481. The van der Waals surface area contributed by atoms with Crippen LogP contribution in [0, 0.1) is 13.8 Å². The van der Waals surface area contributed by atoms with Gasteiger partial charge in [-0.1, -0.05) is 58.5 Å². The monoisotopic (exact) mass is 491 g/mol. The van der Waals surface area contributed by atoms with Gasteiger partial charge in [0, 0.05) is 5.02 Å². The van der Waals surface area contributed by atoms with Crippen LogP contribution in [0.15, 0.2) is 41.6 Å². The molecule has 11 heteroatoms. The average molecular weight is 493 g/mol. The van der Waals surface area contributed by atoms with Crippen molar-refractivity contribution in [3.63, 3.8) is 0 Å². The lowest BCUT2D eigenvalue weighted by Crippen LogP contribution is -2.16. The Morgan fingerprint density at radius 3 is 2.24 bits per heavy atom. The van der Waals surface area contributed by atoms with Gasteiger partial charge in [-0.3, -0.25) is 4.72 Å². The molecule has 0 aliphatic carbocycles. The second kappa shape index (κ2) is 8.53. The number of hydrogen-bond acceptors (Lipinski definition) is 5. The Morgan fingerprint density at radius 1 is 0.931 bits per heavy atom. The van der Waals surface area contributed by atoms with Crippen LogP contribution < -0.4 is 9.46 Å². The first-order chi connectivity index (χ1) is 13.6. The SMILES string of the molecule is Cc1ccc(C)c(S(=O)(=O)Nc2ncnc(Cl)c2Oc2c(Cl)cc(Cl)cc2Cl)c1. The van der Waals surface area contributed by atoms with Crippen molar-refractivity contribution in [2.75, 3.05) is 4.72 Å². The zero-order valence-corrected chi connectivity index (χ0v) is 18.8. The van der Waals surface area contributed by atoms with E-state index in [1.54, 1.807) is 26.0 Å². The molecule has 3 rings (SSSR count). The summed E-state index contributed by atoms with van der Waals surface area (Å²) in [5.74, 6) is -0.302. The minimum absolute atomic E-state index is 0.0293. The number of aromatic nitrogens is 2. The highest BCUT2D eigenvalue weighted by molar-refractivity contribution is 7.92. The summed E-state index contributed by atoms with van der Waals surface area (Å²) in [6, 6.07) is 7.91. The molecule has 1 heterocycles. The third-order valence-electron chi connectivity index (χ3n) is 3.79. The third-order valence-corrected chi connectivity index (χ3v) is 6.32. The first kappa shape index (κ1) is 21.9. The van der Waals surface area contributed by atoms with E-state index in [9.17, 15) is 8.42 Å². The number of aryl methyl sites for hydroxylation is 2. The smallest absolute Gasteiger partial charge is 0.263 e. The number of rotatable bonds is 5. The van der Waals surface area contributed by atoms with Crippen LogP contribution in [0.1, 0.15) is 11.1 Å². The van der Waals surface area contributed by atoms with E-state index in [4.69, 9.17) is 51.1 Å². The van der Waals surface area contributed by atoms with E-state index in [-0.39, 0.29) is 37.4 Å². The molecule has 6 nitrogen and oxygen atoms in total. The summed E-state index contributed by atoms with van der Waals surface area (Å²) in [5, 5.41) is 0.371. The van der Waals surface area contributed by atoms with Gasteiger partial charge in [-0.2, -0.15) is 0 Å². The first-order valence-corrected chi connectivity index (χ1v) is 11.0. The molecule has 0 saturated carbocycles. The molecule has 0 aliphatic heterocycles. The molecular formula is C18H13Cl4N3O3S. The molecule has 0 bridgehead atoms. The van der Waals surface area contributed by atoms with Crippen LogP contribution in [-0.2, 0) is 10.0 Å². The van der Waals surface area contributed by atoms with Crippen molar-refractivity contribution in [2.45, 2.75) is 18.7 Å². The van der Waals surface area contributed by atoms with Gasteiger partial charge in [-0.05, 0) is 43.2 Å². The fraction of sp³-hybridized carbons (Fsp3) is 0.111. The van der Waals surface area contributed by atoms with Crippen LogP contribution in [-0.4, -0.2) is 18.4 Å². The van der Waals surface area contributed by atoms with E-state index >= 15 is 0 Å². The van der Waals surface area contributed by atoms with Gasteiger partial charge in [0.1, 0.15) is 6.33 Å². The van der Waals surface area contributed by atoms with Gasteiger partial charge in [0.15, 0.2) is 16.7 Å². The van der Waals surface area contributed by atoms with E-state index in [2.05, 4.69) is 14.7 Å². The van der Waals surface area contributed by atoms with Crippen LogP contribution in [0.4, 0.5) is 5.82 Å². The molecule has 152 valence electrons. The summed E-state index contributed by atoms with van der Waals surface area (Å²) in [6.45, 7) is 3.48. The number of nitrogens with zero attached hydrogens (tertiary/aromatic N) is 2. The standard InChI is InChI=1S/C18H13Cl4N3O3S/c1-9-3-4-10(2)14(5-9)29(26,27)25-18-16(17(22)23-8-24-18)28-15-12(20)6-11(19)7-13(15)21/h3-8H,1-2H3,(H,23,24,25). The van der Waals surface area contributed by atoms with Gasteiger partial charge in [0.05, 0.1) is 14.9 Å². The maximum Gasteiger partial charge on any atom is 0.263 e. The number of sulfonamides is 1. The van der Waals surface area contributed by atoms with Crippen LogP contribution in [0.2, 0.25) is 20.2 Å². The van der Waals surface area contributed by atoms with E-state index < -0.39 is 10.0 Å². The predicted octanol–water partition coefficient (Wildman–Crippen LogP) is 6.30. The molecule has 0 radical (unpaired) electrons. The lowest BCUT2D eigenvalue weighted by atomic mass is 10.2. The van der Waals surface area contributed by atoms with Gasteiger partial charge in [0.25, 0.3) is 10.0 Å². The number of hydrogen-bond donors (Lipinski definition) is 1. The summed E-state index contributed by atoms with van der Waals surface area (Å²) in [4.78, 5) is 7.88. The zero-order chi connectivity index (χ0) is 21.3. The topological polar surface area (TPSA) is 81.2 Å². The minimum atomic E-state index is -3.99. The van der Waals surface area contributed by atoms with Gasteiger partial charge in [-0.15, -0.1) is 0 Å². The second-order valence-electron chi connectivity index (χ2n) is 6.02. The molecule has 0 aliphatic rings. The Hall–Kier alpha value is -1.77. The number of nitrogens with one attached hydrogen (secondary N) is 1. The summed E-state index contributed by atoms with van der Waals surface area (Å²) in [5.41, 5.74) is 1.35. The average Bonchev–Trinajstić information content (AvgIpc) is 2.61. The van der Waals surface area contributed by atoms with Gasteiger partial charge >= 0.3 is 0 Å². The number of ether oxygens (including phenoxy) is 1.